The van der Waals surface area contributed by atoms with Crippen LogP contribution < -0.4 is 15.4 Å². The van der Waals surface area contributed by atoms with Gasteiger partial charge in [0.1, 0.15) is 18.1 Å². The minimum Gasteiger partial charge on any atom is -0.497 e. The number of ether oxygens (including phenoxy) is 2. The fourth-order valence-corrected chi connectivity index (χ4v) is 4.18. The zero-order valence-electron chi connectivity index (χ0n) is 18.2. The van der Waals surface area contributed by atoms with Crippen molar-refractivity contribution in [2.45, 2.75) is 12.8 Å². The number of nitriles is 1. The lowest BCUT2D eigenvalue weighted by Gasteiger charge is -2.27. The largest absolute Gasteiger partial charge is 0.497 e. The van der Waals surface area contributed by atoms with Crippen LogP contribution in [-0.4, -0.2) is 31.3 Å². The molecule has 0 saturated heterocycles. The lowest BCUT2D eigenvalue weighted by atomic mass is 9.86. The highest BCUT2D eigenvalue weighted by atomic mass is 32.2. The number of allylic oxidation sites excluding steroid dienone is 2. The van der Waals surface area contributed by atoms with E-state index in [9.17, 15) is 14.9 Å². The molecule has 8 nitrogen and oxygen atoms in total. The molecule has 1 atom stereocenters. The zero-order valence-corrected chi connectivity index (χ0v) is 19.0. The van der Waals surface area contributed by atoms with E-state index in [-0.39, 0.29) is 29.4 Å². The Morgan fingerprint density at radius 1 is 1.36 bits per heavy atom. The van der Waals surface area contributed by atoms with Crippen molar-refractivity contribution in [3.05, 3.63) is 82.9 Å². The van der Waals surface area contributed by atoms with E-state index in [1.807, 2.05) is 0 Å². The second kappa shape index (κ2) is 11.1. The number of benzene rings is 1. The summed E-state index contributed by atoms with van der Waals surface area (Å²) >= 11 is 1.16. The summed E-state index contributed by atoms with van der Waals surface area (Å²) in [5.41, 5.74) is 1.65. The van der Waals surface area contributed by atoms with Crippen molar-refractivity contribution < 1.29 is 23.5 Å². The SMILES string of the molecule is C=CCOC(=O)C1=C(C)NC(SCC(=O)Nc2cccc(OC)c2)=C(C#N)C1c1ccco1. The summed E-state index contributed by atoms with van der Waals surface area (Å²) in [6, 6.07) is 12.6. The van der Waals surface area contributed by atoms with Gasteiger partial charge in [-0.05, 0) is 31.2 Å². The molecule has 0 aliphatic carbocycles. The van der Waals surface area contributed by atoms with Crippen LogP contribution in [0.25, 0.3) is 0 Å². The number of nitrogens with zero attached hydrogens (tertiary/aromatic N) is 1. The molecule has 1 aliphatic rings. The maximum Gasteiger partial charge on any atom is 0.337 e. The van der Waals surface area contributed by atoms with Gasteiger partial charge in [-0.15, -0.1) is 0 Å². The second-order valence-electron chi connectivity index (χ2n) is 6.92. The molecule has 1 unspecified atom stereocenters. The van der Waals surface area contributed by atoms with Gasteiger partial charge in [-0.1, -0.05) is 30.5 Å². The van der Waals surface area contributed by atoms with Crippen molar-refractivity contribution in [3.63, 3.8) is 0 Å². The molecule has 0 saturated carbocycles. The Morgan fingerprint density at radius 2 is 2.18 bits per heavy atom. The molecule has 0 fully saturated rings. The number of anilines is 1. The van der Waals surface area contributed by atoms with Crippen LogP contribution in [0.3, 0.4) is 0 Å². The van der Waals surface area contributed by atoms with Gasteiger partial charge in [0.2, 0.25) is 5.91 Å². The summed E-state index contributed by atoms with van der Waals surface area (Å²) in [6.45, 7) is 5.31. The van der Waals surface area contributed by atoms with E-state index in [0.717, 1.165) is 11.8 Å². The van der Waals surface area contributed by atoms with Crippen LogP contribution in [0.4, 0.5) is 5.69 Å². The van der Waals surface area contributed by atoms with Crippen LogP contribution in [0.15, 0.2) is 81.6 Å². The fourth-order valence-electron chi connectivity index (χ4n) is 3.29. The van der Waals surface area contributed by atoms with Crippen LogP contribution >= 0.6 is 11.8 Å². The highest BCUT2D eigenvalue weighted by molar-refractivity contribution is 8.03. The van der Waals surface area contributed by atoms with Crippen molar-refractivity contribution in [2.24, 2.45) is 0 Å². The molecule has 2 aromatic rings. The van der Waals surface area contributed by atoms with Gasteiger partial charge >= 0.3 is 5.97 Å². The van der Waals surface area contributed by atoms with Gasteiger partial charge < -0.3 is 24.5 Å². The minimum atomic E-state index is -0.757. The van der Waals surface area contributed by atoms with E-state index in [0.29, 0.717) is 27.9 Å². The third-order valence-electron chi connectivity index (χ3n) is 4.73. The minimum absolute atomic E-state index is 0.0398. The highest BCUT2D eigenvalue weighted by Crippen LogP contribution is 2.41. The molecule has 2 heterocycles. The van der Waals surface area contributed by atoms with Crippen LogP contribution in [0.1, 0.15) is 18.6 Å². The average Bonchev–Trinajstić information content (AvgIpc) is 3.35. The van der Waals surface area contributed by atoms with Crippen molar-refractivity contribution in [1.82, 2.24) is 5.32 Å². The molecular weight excluding hydrogens is 442 g/mol. The number of nitrogens with one attached hydrogen (secondary N) is 2. The maximum atomic E-state index is 12.7. The van der Waals surface area contributed by atoms with E-state index in [1.165, 1.54) is 12.3 Å². The number of methoxy groups -OCH3 is 1. The topological polar surface area (TPSA) is 114 Å². The van der Waals surface area contributed by atoms with E-state index in [2.05, 4.69) is 23.3 Å². The molecule has 9 heteroatoms. The van der Waals surface area contributed by atoms with E-state index in [4.69, 9.17) is 13.9 Å². The van der Waals surface area contributed by atoms with Crippen molar-refractivity contribution in [2.75, 3.05) is 24.8 Å². The molecule has 0 bridgehead atoms. The van der Waals surface area contributed by atoms with Crippen molar-refractivity contribution in [3.8, 4) is 11.8 Å². The van der Waals surface area contributed by atoms with E-state index < -0.39 is 11.9 Å². The van der Waals surface area contributed by atoms with E-state index >= 15 is 0 Å². The molecule has 0 spiro atoms. The fraction of sp³-hybridized carbons (Fsp3) is 0.208. The number of esters is 1. The number of carbonyl (C=O) groups is 2. The predicted molar refractivity (Wildman–Crippen MR) is 125 cm³/mol. The van der Waals surface area contributed by atoms with Gasteiger partial charge in [0.15, 0.2) is 0 Å². The normalized spacial score (nSPS) is 15.4. The zero-order chi connectivity index (χ0) is 23.8. The van der Waals surface area contributed by atoms with Crippen LogP contribution in [0, 0.1) is 11.3 Å². The smallest absolute Gasteiger partial charge is 0.337 e. The highest BCUT2D eigenvalue weighted by Gasteiger charge is 2.37. The molecular formula is C24H23N3O5S. The lowest BCUT2D eigenvalue weighted by Crippen LogP contribution is -2.29. The molecule has 3 rings (SSSR count). The third kappa shape index (κ3) is 5.67. The first-order valence-corrected chi connectivity index (χ1v) is 11.0. The Hall–Kier alpha value is -3.90. The molecule has 0 radical (unpaired) electrons. The number of thioether (sulfide) groups is 1. The summed E-state index contributed by atoms with van der Waals surface area (Å²) in [4.78, 5) is 25.3. The molecule has 1 aromatic carbocycles. The predicted octanol–water partition coefficient (Wildman–Crippen LogP) is 4.09. The van der Waals surface area contributed by atoms with Crippen LogP contribution in [-0.2, 0) is 14.3 Å². The number of rotatable bonds is 9. The number of dihydropyridines is 1. The number of furan rings is 1. The standard InChI is InChI=1S/C24H23N3O5S/c1-4-10-32-24(29)21-15(2)26-23(18(13-25)22(21)19-9-6-11-31-19)33-14-20(28)27-16-7-5-8-17(12-16)30-3/h4-9,11-12,22,26H,1,10,14H2,2-3H3,(H,27,28). The van der Waals surface area contributed by atoms with Crippen molar-refractivity contribution >= 4 is 29.3 Å². The molecule has 33 heavy (non-hydrogen) atoms. The van der Waals surface area contributed by atoms with Crippen LogP contribution in [0.2, 0.25) is 0 Å². The van der Waals surface area contributed by atoms with Gasteiger partial charge in [0.05, 0.1) is 47.3 Å². The first-order valence-electron chi connectivity index (χ1n) is 9.98. The average molecular weight is 466 g/mol. The first-order chi connectivity index (χ1) is 16.0. The molecule has 2 N–H and O–H groups in total. The quantitative estimate of drug-likeness (QED) is 0.421. The summed E-state index contributed by atoms with van der Waals surface area (Å²) in [5, 5.41) is 16.3. The summed E-state index contributed by atoms with van der Waals surface area (Å²) in [7, 11) is 1.55. The van der Waals surface area contributed by atoms with Gasteiger partial charge in [0.25, 0.3) is 0 Å². The Morgan fingerprint density at radius 3 is 2.85 bits per heavy atom. The number of hydrogen-bond acceptors (Lipinski definition) is 8. The summed E-state index contributed by atoms with van der Waals surface area (Å²) in [6.07, 6.45) is 2.94. The van der Waals surface area contributed by atoms with E-state index in [1.54, 1.807) is 50.4 Å². The Balaban J connectivity index is 1.82. The Labute approximate surface area is 195 Å². The lowest BCUT2D eigenvalue weighted by molar-refractivity contribution is -0.138. The van der Waals surface area contributed by atoms with Gasteiger partial charge in [0, 0.05) is 17.5 Å². The van der Waals surface area contributed by atoms with Gasteiger partial charge in [-0.3, -0.25) is 4.79 Å². The van der Waals surface area contributed by atoms with Gasteiger partial charge in [-0.25, -0.2) is 4.79 Å². The monoisotopic (exact) mass is 465 g/mol. The van der Waals surface area contributed by atoms with Gasteiger partial charge in [-0.2, -0.15) is 5.26 Å². The number of amides is 1. The molecule has 170 valence electrons. The molecule has 1 amide bonds. The van der Waals surface area contributed by atoms with Crippen molar-refractivity contribution in [1.29, 1.82) is 5.26 Å². The van der Waals surface area contributed by atoms with Crippen LogP contribution in [0.5, 0.6) is 5.75 Å². The maximum absolute atomic E-state index is 12.7. The third-order valence-corrected chi connectivity index (χ3v) is 5.75. The second-order valence-corrected chi connectivity index (χ2v) is 7.91. The first kappa shape index (κ1) is 23.8. The summed E-state index contributed by atoms with van der Waals surface area (Å²) in [5.74, 6) is -0.494. The Bertz CT molecular complexity index is 1150. The molecule has 1 aromatic heterocycles. The number of carbonyl (C=O) groups excluding carboxylic acids is 2. The summed E-state index contributed by atoms with van der Waals surface area (Å²) < 4.78 is 15.9. The Kier molecular flexibility index (Phi) is 8.00. The molecule has 1 aliphatic heterocycles. The number of hydrogen-bond donors (Lipinski definition) is 2.